The van der Waals surface area contributed by atoms with Crippen molar-refractivity contribution < 1.29 is 14.3 Å². The summed E-state index contributed by atoms with van der Waals surface area (Å²) in [6, 6.07) is 11.3. The molecule has 1 aromatic heterocycles. The molecule has 2 aromatic rings. The molecule has 1 aliphatic rings. The summed E-state index contributed by atoms with van der Waals surface area (Å²) >= 11 is 0. The van der Waals surface area contributed by atoms with Crippen LogP contribution >= 0.6 is 0 Å². The van der Waals surface area contributed by atoms with Gasteiger partial charge in [-0.15, -0.1) is 0 Å². The van der Waals surface area contributed by atoms with E-state index in [0.717, 1.165) is 42.9 Å². The summed E-state index contributed by atoms with van der Waals surface area (Å²) in [5, 5.41) is 2.96. The molecule has 0 radical (unpaired) electrons. The number of carbonyl (C=O) groups excluding carboxylic acids is 1. The molecule has 1 N–H and O–H groups in total. The Morgan fingerprint density at radius 2 is 2.28 bits per heavy atom. The van der Waals surface area contributed by atoms with Gasteiger partial charge in [-0.3, -0.25) is 9.78 Å². The number of hydrogen-bond donors (Lipinski definition) is 1. The van der Waals surface area contributed by atoms with Gasteiger partial charge in [0.2, 0.25) is 0 Å². The summed E-state index contributed by atoms with van der Waals surface area (Å²) < 4.78 is 11.3. The van der Waals surface area contributed by atoms with Crippen LogP contribution in [0, 0.1) is 6.92 Å². The molecule has 1 aliphatic heterocycles. The lowest BCUT2D eigenvalue weighted by atomic mass is 10.1. The molecule has 0 aliphatic carbocycles. The van der Waals surface area contributed by atoms with E-state index in [-0.39, 0.29) is 5.91 Å². The van der Waals surface area contributed by atoms with Crippen LogP contribution in [0.5, 0.6) is 5.75 Å². The van der Waals surface area contributed by atoms with Crippen LogP contribution in [-0.4, -0.2) is 30.1 Å². The number of hydrogen-bond acceptors (Lipinski definition) is 4. The molecule has 5 heteroatoms. The van der Waals surface area contributed by atoms with E-state index >= 15 is 0 Å². The highest BCUT2D eigenvalue weighted by Crippen LogP contribution is 2.15. The third kappa shape index (κ3) is 5.29. The minimum atomic E-state index is -0.0585. The van der Waals surface area contributed by atoms with Gasteiger partial charge in [0.05, 0.1) is 12.3 Å². The summed E-state index contributed by atoms with van der Waals surface area (Å²) in [6.07, 6.45) is 5.09. The molecule has 5 nitrogen and oxygen atoms in total. The lowest BCUT2D eigenvalue weighted by Crippen LogP contribution is -2.27. The van der Waals surface area contributed by atoms with Crippen LogP contribution in [0.1, 0.15) is 40.9 Å². The minimum Gasteiger partial charge on any atom is -0.487 e. The molecule has 0 bridgehead atoms. The zero-order valence-electron chi connectivity index (χ0n) is 14.5. The van der Waals surface area contributed by atoms with Gasteiger partial charge < -0.3 is 14.8 Å². The fourth-order valence-corrected chi connectivity index (χ4v) is 2.83. The van der Waals surface area contributed by atoms with E-state index in [1.807, 2.05) is 43.3 Å². The second-order valence-electron chi connectivity index (χ2n) is 6.30. The smallest absolute Gasteiger partial charge is 0.251 e. The molecule has 1 amide bonds. The van der Waals surface area contributed by atoms with Gasteiger partial charge in [0.25, 0.3) is 5.91 Å². The average Bonchev–Trinajstić information content (AvgIpc) is 3.15. The molecule has 0 unspecified atom stereocenters. The molecule has 2 heterocycles. The summed E-state index contributed by atoms with van der Waals surface area (Å²) in [4.78, 5) is 16.5. The number of benzene rings is 1. The number of nitrogens with zero attached hydrogens (tertiary/aromatic N) is 1. The maximum absolute atomic E-state index is 12.3. The minimum absolute atomic E-state index is 0.0585. The quantitative estimate of drug-likeness (QED) is 0.840. The molecule has 1 aromatic carbocycles. The number of nitrogens with one attached hydrogen (secondary N) is 1. The van der Waals surface area contributed by atoms with Crippen LogP contribution in [0.3, 0.4) is 0 Å². The Morgan fingerprint density at radius 3 is 3.04 bits per heavy atom. The van der Waals surface area contributed by atoms with Gasteiger partial charge in [-0.25, -0.2) is 0 Å². The van der Waals surface area contributed by atoms with Crippen molar-refractivity contribution in [2.75, 3.05) is 13.2 Å². The Hall–Kier alpha value is -2.40. The van der Waals surface area contributed by atoms with E-state index in [2.05, 4.69) is 10.3 Å². The van der Waals surface area contributed by atoms with Gasteiger partial charge in [-0.05, 0) is 56.0 Å². The predicted octanol–water partition coefficient (Wildman–Crippen LogP) is 3.27. The van der Waals surface area contributed by atoms with E-state index in [1.165, 1.54) is 0 Å². The van der Waals surface area contributed by atoms with Crippen molar-refractivity contribution in [3.05, 3.63) is 59.4 Å². The monoisotopic (exact) mass is 340 g/mol. The highest BCUT2D eigenvalue weighted by atomic mass is 16.5. The van der Waals surface area contributed by atoms with Crippen molar-refractivity contribution in [2.45, 2.75) is 38.9 Å². The van der Waals surface area contributed by atoms with E-state index < -0.39 is 0 Å². The SMILES string of the molecule is Cc1ccc(OCc2cccc(C(=O)NCC[C@H]3CCCO3)c2)cn1. The number of aryl methyl sites for hydroxylation is 1. The molecular weight excluding hydrogens is 316 g/mol. The molecule has 25 heavy (non-hydrogen) atoms. The number of carbonyl (C=O) groups is 1. The van der Waals surface area contributed by atoms with Gasteiger partial charge in [0.15, 0.2) is 0 Å². The van der Waals surface area contributed by atoms with Crippen molar-refractivity contribution >= 4 is 5.91 Å². The zero-order valence-corrected chi connectivity index (χ0v) is 14.5. The van der Waals surface area contributed by atoms with E-state index in [4.69, 9.17) is 9.47 Å². The Kier molecular flexibility index (Phi) is 6.01. The fourth-order valence-electron chi connectivity index (χ4n) is 2.83. The van der Waals surface area contributed by atoms with E-state index in [1.54, 1.807) is 6.20 Å². The van der Waals surface area contributed by atoms with Gasteiger partial charge in [0.1, 0.15) is 12.4 Å². The Morgan fingerprint density at radius 1 is 1.36 bits per heavy atom. The second kappa shape index (κ2) is 8.62. The summed E-state index contributed by atoms with van der Waals surface area (Å²) in [5.41, 5.74) is 2.55. The molecule has 1 fully saturated rings. The number of rotatable bonds is 7. The predicted molar refractivity (Wildman–Crippen MR) is 95.7 cm³/mol. The van der Waals surface area contributed by atoms with Gasteiger partial charge >= 0.3 is 0 Å². The Bertz CT molecular complexity index is 694. The standard InChI is InChI=1S/C20H24N2O3/c1-15-7-8-19(13-22-15)25-14-16-4-2-5-17(12-16)20(23)21-10-9-18-6-3-11-24-18/h2,4-5,7-8,12-13,18H,3,6,9-11,14H2,1H3,(H,21,23)/t18-/m1/s1. The van der Waals surface area contributed by atoms with Crippen molar-refractivity contribution in [2.24, 2.45) is 0 Å². The topological polar surface area (TPSA) is 60.5 Å². The maximum Gasteiger partial charge on any atom is 0.251 e. The van der Waals surface area contributed by atoms with Gasteiger partial charge in [-0.2, -0.15) is 0 Å². The number of aromatic nitrogens is 1. The molecule has 1 atom stereocenters. The van der Waals surface area contributed by atoms with Crippen LogP contribution in [0.2, 0.25) is 0 Å². The first-order chi connectivity index (χ1) is 12.2. The zero-order chi connectivity index (χ0) is 17.5. The van der Waals surface area contributed by atoms with Crippen LogP contribution in [-0.2, 0) is 11.3 Å². The van der Waals surface area contributed by atoms with Crippen molar-refractivity contribution in [3.8, 4) is 5.75 Å². The fraction of sp³-hybridized carbons (Fsp3) is 0.400. The van der Waals surface area contributed by atoms with Crippen molar-refractivity contribution in [3.63, 3.8) is 0 Å². The molecule has 132 valence electrons. The van der Waals surface area contributed by atoms with Crippen molar-refractivity contribution in [1.82, 2.24) is 10.3 Å². The molecule has 1 saturated heterocycles. The van der Waals surface area contributed by atoms with E-state index in [9.17, 15) is 4.79 Å². The van der Waals surface area contributed by atoms with Gasteiger partial charge in [0, 0.05) is 24.4 Å². The van der Waals surface area contributed by atoms with E-state index in [0.29, 0.717) is 24.8 Å². The first-order valence-electron chi connectivity index (χ1n) is 8.75. The third-order valence-corrected chi connectivity index (χ3v) is 4.25. The van der Waals surface area contributed by atoms with Crippen LogP contribution in [0.4, 0.5) is 0 Å². The first-order valence-corrected chi connectivity index (χ1v) is 8.75. The Balaban J connectivity index is 1.49. The average molecular weight is 340 g/mol. The lowest BCUT2D eigenvalue weighted by Gasteiger charge is -2.11. The van der Waals surface area contributed by atoms with Gasteiger partial charge in [-0.1, -0.05) is 12.1 Å². The summed E-state index contributed by atoms with van der Waals surface area (Å²) in [7, 11) is 0. The normalized spacial score (nSPS) is 16.6. The van der Waals surface area contributed by atoms with Crippen LogP contribution in [0.25, 0.3) is 0 Å². The molecular formula is C20H24N2O3. The summed E-state index contributed by atoms with van der Waals surface area (Å²) in [5.74, 6) is 0.661. The number of amides is 1. The number of pyridine rings is 1. The molecule has 3 rings (SSSR count). The highest BCUT2D eigenvalue weighted by Gasteiger charge is 2.15. The Labute approximate surface area is 148 Å². The maximum atomic E-state index is 12.3. The van der Waals surface area contributed by atoms with Crippen LogP contribution < -0.4 is 10.1 Å². The third-order valence-electron chi connectivity index (χ3n) is 4.25. The second-order valence-corrected chi connectivity index (χ2v) is 6.30. The lowest BCUT2D eigenvalue weighted by molar-refractivity contribution is 0.0907. The van der Waals surface area contributed by atoms with Crippen molar-refractivity contribution in [1.29, 1.82) is 0 Å². The first kappa shape index (κ1) is 17.4. The highest BCUT2D eigenvalue weighted by molar-refractivity contribution is 5.94. The molecule has 0 saturated carbocycles. The largest absolute Gasteiger partial charge is 0.487 e. The number of ether oxygens (including phenoxy) is 2. The van der Waals surface area contributed by atoms with Crippen LogP contribution in [0.15, 0.2) is 42.6 Å². The molecule has 0 spiro atoms. The summed E-state index contributed by atoms with van der Waals surface area (Å²) in [6.45, 7) is 3.82.